The molecule has 1 fully saturated rings. The number of hydrogen-bond acceptors (Lipinski definition) is 6. The molecule has 1 aliphatic heterocycles. The van der Waals surface area contributed by atoms with E-state index in [1.54, 1.807) is 4.52 Å². The fourth-order valence-corrected chi connectivity index (χ4v) is 3.35. The van der Waals surface area contributed by atoms with Gasteiger partial charge in [0.2, 0.25) is 0 Å². The van der Waals surface area contributed by atoms with Gasteiger partial charge in [-0.3, -0.25) is 4.90 Å². The Labute approximate surface area is 153 Å². The molecule has 0 spiro atoms. The van der Waals surface area contributed by atoms with E-state index in [4.69, 9.17) is 5.10 Å². The molecular weight excluding hydrogens is 326 g/mol. The molecule has 0 bridgehead atoms. The minimum Gasteiger partial charge on any atom is -0.365 e. The third-order valence-corrected chi connectivity index (χ3v) is 4.82. The molecule has 0 amide bonds. The van der Waals surface area contributed by atoms with E-state index >= 15 is 0 Å². The fourth-order valence-electron chi connectivity index (χ4n) is 3.35. The third-order valence-electron chi connectivity index (χ3n) is 4.82. The summed E-state index contributed by atoms with van der Waals surface area (Å²) in [6.45, 7) is 7.74. The van der Waals surface area contributed by atoms with Crippen molar-refractivity contribution in [3.8, 4) is 11.4 Å². The van der Waals surface area contributed by atoms with Gasteiger partial charge in [0, 0.05) is 44.3 Å². The first-order valence-corrected chi connectivity index (χ1v) is 9.14. The van der Waals surface area contributed by atoms with E-state index in [-0.39, 0.29) is 0 Å². The number of likely N-dealkylation sites (N-methyl/N-ethyl adjacent to an activating group) is 1. The van der Waals surface area contributed by atoms with Crippen molar-refractivity contribution in [3.63, 3.8) is 0 Å². The van der Waals surface area contributed by atoms with Crippen LogP contribution >= 0.6 is 0 Å². The summed E-state index contributed by atoms with van der Waals surface area (Å²) in [4.78, 5) is 4.88. The zero-order valence-corrected chi connectivity index (χ0v) is 15.3. The molecule has 0 saturated carbocycles. The van der Waals surface area contributed by atoms with Crippen LogP contribution in [0.3, 0.4) is 0 Å². The Morgan fingerprint density at radius 2 is 1.77 bits per heavy atom. The number of nitrogens with one attached hydrogen (secondary N) is 1. The molecule has 3 aromatic rings. The van der Waals surface area contributed by atoms with Crippen LogP contribution in [0.5, 0.6) is 0 Å². The first-order valence-electron chi connectivity index (χ1n) is 9.14. The van der Waals surface area contributed by atoms with Crippen molar-refractivity contribution < 1.29 is 0 Å². The zero-order valence-electron chi connectivity index (χ0n) is 15.3. The molecule has 1 aliphatic rings. The molecule has 3 heterocycles. The number of hydrogen-bond donors (Lipinski definition) is 1. The Bertz CT molecular complexity index is 853. The summed E-state index contributed by atoms with van der Waals surface area (Å²) in [5, 5.41) is 16.8. The normalized spacial score (nSPS) is 17.5. The van der Waals surface area contributed by atoms with Gasteiger partial charge in [0.1, 0.15) is 5.82 Å². The Morgan fingerprint density at radius 1 is 1.00 bits per heavy atom. The summed E-state index contributed by atoms with van der Waals surface area (Å²) in [6.07, 6.45) is 0. The lowest BCUT2D eigenvalue weighted by Crippen LogP contribution is -2.47. The topological polar surface area (TPSA) is 61.6 Å². The van der Waals surface area contributed by atoms with Crippen LogP contribution in [0.15, 0.2) is 42.5 Å². The summed E-state index contributed by atoms with van der Waals surface area (Å²) in [7, 11) is 2.18. The second kappa shape index (κ2) is 7.39. The van der Waals surface area contributed by atoms with E-state index in [1.807, 2.05) is 42.5 Å². The van der Waals surface area contributed by atoms with Gasteiger partial charge in [-0.2, -0.15) is 4.52 Å². The molecule has 136 valence electrons. The second-order valence-electron chi connectivity index (χ2n) is 7.03. The highest BCUT2D eigenvalue weighted by Gasteiger charge is 2.16. The van der Waals surface area contributed by atoms with Crippen molar-refractivity contribution in [3.05, 3.63) is 42.5 Å². The fraction of sp³-hybridized carbons (Fsp3) is 0.421. The quantitative estimate of drug-likeness (QED) is 0.757. The molecule has 1 atom stereocenters. The minimum absolute atomic E-state index is 0.319. The summed E-state index contributed by atoms with van der Waals surface area (Å²) >= 11 is 0. The molecule has 1 unspecified atom stereocenters. The van der Waals surface area contributed by atoms with Crippen LogP contribution < -0.4 is 5.32 Å². The Morgan fingerprint density at radius 3 is 2.54 bits per heavy atom. The zero-order chi connectivity index (χ0) is 17.9. The molecule has 2 aromatic heterocycles. The number of rotatable bonds is 5. The maximum atomic E-state index is 4.71. The number of anilines is 1. The van der Waals surface area contributed by atoms with Crippen LogP contribution in [0.2, 0.25) is 0 Å². The van der Waals surface area contributed by atoms with Crippen LogP contribution in [0.25, 0.3) is 17.0 Å². The van der Waals surface area contributed by atoms with E-state index in [1.165, 1.54) is 0 Å². The van der Waals surface area contributed by atoms with Crippen LogP contribution in [0.4, 0.5) is 5.82 Å². The first-order chi connectivity index (χ1) is 12.7. The summed E-state index contributed by atoms with van der Waals surface area (Å²) in [5.41, 5.74) is 1.76. The molecule has 0 radical (unpaired) electrons. The van der Waals surface area contributed by atoms with Gasteiger partial charge >= 0.3 is 0 Å². The number of fused-ring (bicyclic) bond motifs is 1. The van der Waals surface area contributed by atoms with Gasteiger partial charge in [0.05, 0.1) is 0 Å². The van der Waals surface area contributed by atoms with Crippen molar-refractivity contribution in [2.75, 3.05) is 45.1 Å². The summed E-state index contributed by atoms with van der Waals surface area (Å²) in [5.74, 6) is 1.60. The van der Waals surface area contributed by atoms with Crippen molar-refractivity contribution in [1.29, 1.82) is 0 Å². The average molecular weight is 351 g/mol. The number of nitrogens with zero attached hydrogens (tertiary/aromatic N) is 6. The highest BCUT2D eigenvalue weighted by atomic mass is 15.4. The predicted octanol–water partition coefficient (Wildman–Crippen LogP) is 1.84. The van der Waals surface area contributed by atoms with Crippen molar-refractivity contribution in [1.82, 2.24) is 29.6 Å². The first kappa shape index (κ1) is 16.9. The van der Waals surface area contributed by atoms with E-state index in [9.17, 15) is 0 Å². The molecule has 1 aromatic carbocycles. The monoisotopic (exact) mass is 351 g/mol. The average Bonchev–Trinajstić information content (AvgIpc) is 3.07. The van der Waals surface area contributed by atoms with Gasteiger partial charge in [-0.25, -0.2) is 0 Å². The van der Waals surface area contributed by atoms with Gasteiger partial charge in [0.25, 0.3) is 0 Å². The molecule has 7 heteroatoms. The van der Waals surface area contributed by atoms with Crippen molar-refractivity contribution in [2.45, 2.75) is 13.0 Å². The largest absolute Gasteiger partial charge is 0.365 e. The smallest absolute Gasteiger partial charge is 0.185 e. The van der Waals surface area contributed by atoms with Crippen LogP contribution in [-0.4, -0.2) is 75.4 Å². The van der Waals surface area contributed by atoms with Crippen LogP contribution in [-0.2, 0) is 0 Å². The van der Waals surface area contributed by atoms with Crippen molar-refractivity contribution in [2.24, 2.45) is 0 Å². The molecule has 4 rings (SSSR count). The van der Waals surface area contributed by atoms with Gasteiger partial charge in [0.15, 0.2) is 11.5 Å². The van der Waals surface area contributed by atoms with Crippen LogP contribution in [0, 0.1) is 0 Å². The standard InChI is InChI=1S/C19H25N7/c1-15(14-25-12-10-24(2)11-13-25)20-17-8-9-18-21-22-19(26(18)23-17)16-6-4-3-5-7-16/h3-9,15H,10-14H2,1-2H3,(H,20,23). The lowest BCUT2D eigenvalue weighted by atomic mass is 10.2. The maximum absolute atomic E-state index is 4.71. The predicted molar refractivity (Wildman–Crippen MR) is 103 cm³/mol. The molecular formula is C19H25N7. The van der Waals surface area contributed by atoms with Gasteiger partial charge in [-0.15, -0.1) is 15.3 Å². The van der Waals surface area contributed by atoms with Gasteiger partial charge in [-0.1, -0.05) is 30.3 Å². The third kappa shape index (κ3) is 3.68. The molecule has 26 heavy (non-hydrogen) atoms. The van der Waals surface area contributed by atoms with Crippen molar-refractivity contribution >= 4 is 11.5 Å². The molecule has 0 aliphatic carbocycles. The van der Waals surface area contributed by atoms with Gasteiger partial charge in [-0.05, 0) is 26.1 Å². The highest BCUT2D eigenvalue weighted by molar-refractivity contribution is 5.59. The van der Waals surface area contributed by atoms with E-state index in [2.05, 4.69) is 39.3 Å². The van der Waals surface area contributed by atoms with E-state index in [0.717, 1.165) is 55.6 Å². The summed E-state index contributed by atoms with van der Waals surface area (Å²) in [6, 6.07) is 14.3. The Hall–Kier alpha value is -2.51. The highest BCUT2D eigenvalue weighted by Crippen LogP contribution is 2.18. The number of piperazine rings is 1. The second-order valence-corrected chi connectivity index (χ2v) is 7.03. The lowest BCUT2D eigenvalue weighted by Gasteiger charge is -2.34. The molecule has 1 N–H and O–H groups in total. The number of aromatic nitrogens is 4. The molecule has 7 nitrogen and oxygen atoms in total. The Balaban J connectivity index is 1.48. The van der Waals surface area contributed by atoms with Crippen LogP contribution in [0.1, 0.15) is 6.92 Å². The lowest BCUT2D eigenvalue weighted by molar-refractivity contribution is 0.151. The van der Waals surface area contributed by atoms with E-state index < -0.39 is 0 Å². The van der Waals surface area contributed by atoms with E-state index in [0.29, 0.717) is 6.04 Å². The minimum atomic E-state index is 0.319. The SMILES string of the molecule is CC(CN1CCN(C)CC1)Nc1ccc2nnc(-c3ccccc3)n2n1. The number of benzene rings is 1. The van der Waals surface area contributed by atoms with Gasteiger partial charge < -0.3 is 10.2 Å². The Kier molecular flexibility index (Phi) is 4.81. The molecule has 1 saturated heterocycles. The maximum Gasteiger partial charge on any atom is 0.185 e. The summed E-state index contributed by atoms with van der Waals surface area (Å²) < 4.78 is 1.81.